The van der Waals surface area contributed by atoms with E-state index >= 15 is 0 Å². The number of nitrogens with zero attached hydrogens (tertiary/aromatic N) is 3. The molecule has 1 aromatic carbocycles. The van der Waals surface area contributed by atoms with Gasteiger partial charge >= 0.3 is 12.4 Å². The lowest BCUT2D eigenvalue weighted by atomic mass is 9.89. The second-order valence-electron chi connectivity index (χ2n) is 8.46. The molecule has 2 atom stereocenters. The van der Waals surface area contributed by atoms with Crippen LogP contribution in [0.1, 0.15) is 30.5 Å². The number of alkyl halides is 6. The number of likely N-dealkylation sites (N-methyl/N-ethyl adjacent to an activating group) is 1. The second kappa shape index (κ2) is 8.85. The van der Waals surface area contributed by atoms with Gasteiger partial charge in [0.1, 0.15) is 17.6 Å². The Bertz CT molecular complexity index is 1250. The first-order chi connectivity index (χ1) is 16.7. The zero-order valence-corrected chi connectivity index (χ0v) is 18.5. The standard InChI is InChI=1S/C22H19F6N5O3/c1-33-20(6-2-3-17(20)34)9-13(19(36)32-33)18(35)31-14-5-4-11(21(23,24)25)7-12(14)15-8-16(22(26,27)28)30-10-29-15/h4-5,7-10,17,34H,2-3,6H2,1H3,(H,31,35)(H,32,36). The van der Waals surface area contributed by atoms with E-state index in [4.69, 9.17) is 0 Å². The molecule has 192 valence electrons. The molecule has 36 heavy (non-hydrogen) atoms. The number of hydrogen-bond donors (Lipinski definition) is 3. The van der Waals surface area contributed by atoms with Gasteiger partial charge in [-0.25, -0.2) is 15.0 Å². The van der Waals surface area contributed by atoms with Crippen LogP contribution in [0.4, 0.5) is 32.0 Å². The molecule has 3 N–H and O–H groups in total. The molecule has 2 aliphatic rings. The molecule has 1 fully saturated rings. The van der Waals surface area contributed by atoms with Crippen LogP contribution in [-0.4, -0.2) is 50.6 Å². The number of anilines is 1. The number of rotatable bonds is 3. The van der Waals surface area contributed by atoms with Gasteiger partial charge in [0, 0.05) is 12.6 Å². The van der Waals surface area contributed by atoms with Crippen LogP contribution in [0.25, 0.3) is 11.3 Å². The summed E-state index contributed by atoms with van der Waals surface area (Å²) in [6.45, 7) is 0. The van der Waals surface area contributed by atoms with Crippen molar-refractivity contribution >= 4 is 17.5 Å². The molecule has 1 aromatic heterocycles. The van der Waals surface area contributed by atoms with E-state index < -0.39 is 63.9 Å². The van der Waals surface area contributed by atoms with Gasteiger partial charge in [-0.05, 0) is 49.6 Å². The number of hydrazine groups is 1. The van der Waals surface area contributed by atoms with E-state index in [1.165, 1.54) is 18.1 Å². The number of carbonyl (C=O) groups excluding carboxylic acids is 2. The molecule has 2 amide bonds. The summed E-state index contributed by atoms with van der Waals surface area (Å²) in [7, 11) is 1.53. The summed E-state index contributed by atoms with van der Waals surface area (Å²) in [6.07, 6.45) is -7.32. The molecule has 1 spiro atoms. The van der Waals surface area contributed by atoms with E-state index in [2.05, 4.69) is 20.7 Å². The average Bonchev–Trinajstić information content (AvgIpc) is 3.16. The van der Waals surface area contributed by atoms with Crippen LogP contribution in [-0.2, 0) is 21.9 Å². The maximum atomic E-state index is 13.3. The summed E-state index contributed by atoms with van der Waals surface area (Å²) in [5.41, 5.74) is -2.87. The highest BCUT2D eigenvalue weighted by Gasteiger charge is 2.48. The normalized spacial score (nSPS) is 22.9. The van der Waals surface area contributed by atoms with E-state index in [1.807, 2.05) is 0 Å². The minimum absolute atomic E-state index is 0.312. The van der Waals surface area contributed by atoms with Crippen molar-refractivity contribution in [3.63, 3.8) is 0 Å². The van der Waals surface area contributed by atoms with Crippen LogP contribution in [0.15, 0.2) is 42.2 Å². The molecule has 0 saturated heterocycles. The van der Waals surface area contributed by atoms with Crippen molar-refractivity contribution in [3.05, 3.63) is 53.5 Å². The highest BCUT2D eigenvalue weighted by atomic mass is 19.4. The maximum Gasteiger partial charge on any atom is 0.433 e. The number of aliphatic hydroxyl groups excluding tert-OH is 1. The van der Waals surface area contributed by atoms with Gasteiger partial charge in [0.25, 0.3) is 11.8 Å². The van der Waals surface area contributed by atoms with Crippen LogP contribution in [0, 0.1) is 0 Å². The van der Waals surface area contributed by atoms with Gasteiger partial charge in [-0.15, -0.1) is 0 Å². The number of carbonyl (C=O) groups is 2. The van der Waals surface area contributed by atoms with Gasteiger partial charge < -0.3 is 10.4 Å². The molecule has 0 radical (unpaired) electrons. The monoisotopic (exact) mass is 515 g/mol. The third kappa shape index (κ3) is 4.65. The number of benzene rings is 1. The fourth-order valence-electron chi connectivity index (χ4n) is 4.34. The maximum absolute atomic E-state index is 13.3. The lowest BCUT2D eigenvalue weighted by Gasteiger charge is -2.42. The summed E-state index contributed by atoms with van der Waals surface area (Å²) in [5, 5.41) is 14.2. The molecular formula is C22H19F6N5O3. The van der Waals surface area contributed by atoms with Crippen molar-refractivity contribution < 1.29 is 41.0 Å². The number of amides is 2. The van der Waals surface area contributed by atoms with E-state index in [1.54, 1.807) is 0 Å². The van der Waals surface area contributed by atoms with E-state index in [-0.39, 0.29) is 5.69 Å². The molecule has 14 heteroatoms. The number of aliphatic hydroxyl groups is 1. The largest absolute Gasteiger partial charge is 0.433 e. The Morgan fingerprint density at radius 3 is 2.50 bits per heavy atom. The predicted molar refractivity (Wildman–Crippen MR) is 113 cm³/mol. The van der Waals surface area contributed by atoms with Gasteiger partial charge in [-0.1, -0.05) is 0 Å². The lowest BCUT2D eigenvalue weighted by Crippen LogP contribution is -2.62. The third-order valence-electron chi connectivity index (χ3n) is 6.24. The van der Waals surface area contributed by atoms with Crippen molar-refractivity contribution in [2.24, 2.45) is 0 Å². The summed E-state index contributed by atoms with van der Waals surface area (Å²) >= 11 is 0. The minimum Gasteiger partial charge on any atom is -0.391 e. The zero-order valence-electron chi connectivity index (χ0n) is 18.5. The second-order valence-corrected chi connectivity index (χ2v) is 8.46. The number of aromatic nitrogens is 2. The van der Waals surface area contributed by atoms with Crippen LogP contribution < -0.4 is 10.7 Å². The fraction of sp³-hybridized carbons (Fsp3) is 0.364. The quantitative estimate of drug-likeness (QED) is 0.428. The SMILES string of the molecule is CN1NC(=O)C(C(=O)Nc2ccc(C(F)(F)F)cc2-c2cc(C(F)(F)F)ncn2)=CC12CCCC2O. The minimum atomic E-state index is -4.89. The number of hydrogen-bond acceptors (Lipinski definition) is 6. The first kappa shape index (κ1) is 25.6. The van der Waals surface area contributed by atoms with Crippen LogP contribution >= 0.6 is 0 Å². The molecule has 4 rings (SSSR count). The van der Waals surface area contributed by atoms with Crippen molar-refractivity contribution in [1.82, 2.24) is 20.4 Å². The Morgan fingerprint density at radius 1 is 1.17 bits per heavy atom. The molecule has 2 heterocycles. The lowest BCUT2D eigenvalue weighted by molar-refractivity contribution is -0.141. The van der Waals surface area contributed by atoms with Gasteiger partial charge in [-0.3, -0.25) is 15.0 Å². The molecule has 1 aliphatic heterocycles. The van der Waals surface area contributed by atoms with Gasteiger partial charge in [-0.2, -0.15) is 26.3 Å². The Labute approximate surface area is 200 Å². The fourth-order valence-corrected chi connectivity index (χ4v) is 4.34. The Morgan fingerprint density at radius 2 is 1.89 bits per heavy atom. The van der Waals surface area contributed by atoms with Gasteiger partial charge in [0.05, 0.1) is 28.6 Å². The van der Waals surface area contributed by atoms with Crippen molar-refractivity contribution in [1.29, 1.82) is 0 Å². The van der Waals surface area contributed by atoms with E-state index in [0.29, 0.717) is 43.8 Å². The Balaban J connectivity index is 1.76. The molecular weight excluding hydrogens is 496 g/mol. The number of nitrogens with one attached hydrogen (secondary N) is 2. The van der Waals surface area contributed by atoms with E-state index in [0.717, 1.165) is 6.07 Å². The highest BCUT2D eigenvalue weighted by Crippen LogP contribution is 2.39. The predicted octanol–water partition coefficient (Wildman–Crippen LogP) is 3.31. The molecule has 0 bridgehead atoms. The molecule has 8 nitrogen and oxygen atoms in total. The topological polar surface area (TPSA) is 107 Å². The summed E-state index contributed by atoms with van der Waals surface area (Å²) in [4.78, 5) is 32.3. The molecule has 2 aromatic rings. The Hall–Kier alpha value is -3.52. The van der Waals surface area contributed by atoms with Crippen LogP contribution in [0.2, 0.25) is 0 Å². The third-order valence-corrected chi connectivity index (χ3v) is 6.24. The van der Waals surface area contributed by atoms with Gasteiger partial charge in [0.15, 0.2) is 0 Å². The molecule has 1 aliphatic carbocycles. The summed E-state index contributed by atoms with van der Waals surface area (Å²) in [6, 6.07) is 2.50. The smallest absolute Gasteiger partial charge is 0.391 e. The van der Waals surface area contributed by atoms with Crippen LogP contribution in [0.5, 0.6) is 0 Å². The summed E-state index contributed by atoms with van der Waals surface area (Å²) < 4.78 is 79.4. The molecule has 1 saturated carbocycles. The van der Waals surface area contributed by atoms with Crippen molar-refractivity contribution in [3.8, 4) is 11.3 Å². The first-order valence-corrected chi connectivity index (χ1v) is 10.6. The first-order valence-electron chi connectivity index (χ1n) is 10.6. The van der Waals surface area contributed by atoms with Crippen molar-refractivity contribution in [2.75, 3.05) is 12.4 Å². The summed E-state index contributed by atoms with van der Waals surface area (Å²) in [5.74, 6) is -1.85. The number of halogens is 6. The average molecular weight is 515 g/mol. The van der Waals surface area contributed by atoms with Crippen molar-refractivity contribution in [2.45, 2.75) is 43.3 Å². The zero-order chi connectivity index (χ0) is 26.5. The molecule has 2 unspecified atom stereocenters. The van der Waals surface area contributed by atoms with E-state index in [9.17, 15) is 41.0 Å². The van der Waals surface area contributed by atoms with Gasteiger partial charge in [0.2, 0.25) is 0 Å². The Kier molecular flexibility index (Phi) is 6.29. The highest BCUT2D eigenvalue weighted by molar-refractivity contribution is 6.23. The van der Waals surface area contributed by atoms with Crippen LogP contribution in [0.3, 0.4) is 0 Å².